The van der Waals surface area contributed by atoms with Gasteiger partial charge in [0.15, 0.2) is 0 Å². The molecule has 1 N–H and O–H groups in total. The van der Waals surface area contributed by atoms with Crippen LogP contribution in [0.15, 0.2) is 48.7 Å². The van der Waals surface area contributed by atoms with E-state index < -0.39 is 11.7 Å². The smallest absolute Gasteiger partial charge is 0.368 e. The maximum atomic E-state index is 12.4. The number of aryl methyl sites for hydroxylation is 1. The first-order valence-electron chi connectivity index (χ1n) is 6.79. The van der Waals surface area contributed by atoms with E-state index in [0.29, 0.717) is 5.82 Å². The second kappa shape index (κ2) is 6.61. The fourth-order valence-electron chi connectivity index (χ4n) is 2.00. The van der Waals surface area contributed by atoms with Crippen molar-refractivity contribution in [1.29, 1.82) is 0 Å². The van der Waals surface area contributed by atoms with Gasteiger partial charge in [0.1, 0.15) is 5.82 Å². The molecule has 0 saturated carbocycles. The molecule has 21 heavy (non-hydrogen) atoms. The highest BCUT2D eigenvalue weighted by atomic mass is 19.4. The summed E-state index contributed by atoms with van der Waals surface area (Å²) in [6.45, 7) is 1.99. The molecule has 0 spiro atoms. The van der Waals surface area contributed by atoms with Gasteiger partial charge in [-0.15, -0.1) is 0 Å². The first-order valence-corrected chi connectivity index (χ1v) is 6.79. The van der Waals surface area contributed by atoms with E-state index in [1.165, 1.54) is 11.6 Å². The van der Waals surface area contributed by atoms with Gasteiger partial charge in [0.2, 0.25) is 0 Å². The number of nitrogens with one attached hydrogen (secondary N) is 1. The number of anilines is 1. The molecule has 0 bridgehead atoms. The number of benzene rings is 1. The minimum Gasteiger partial charge on any atom is -0.368 e. The second-order valence-electron chi connectivity index (χ2n) is 5.00. The highest BCUT2D eigenvalue weighted by Crippen LogP contribution is 2.28. The van der Waals surface area contributed by atoms with E-state index in [4.69, 9.17) is 0 Å². The van der Waals surface area contributed by atoms with Gasteiger partial charge >= 0.3 is 6.18 Å². The summed E-state index contributed by atoms with van der Waals surface area (Å²) in [6.07, 6.45) is -1.70. The molecule has 2 nitrogen and oxygen atoms in total. The highest BCUT2D eigenvalue weighted by molar-refractivity contribution is 5.37. The average molecular weight is 294 g/mol. The number of hydrogen-bond acceptors (Lipinski definition) is 2. The van der Waals surface area contributed by atoms with Crippen molar-refractivity contribution < 1.29 is 13.2 Å². The van der Waals surface area contributed by atoms with Crippen LogP contribution < -0.4 is 5.32 Å². The van der Waals surface area contributed by atoms with Crippen molar-refractivity contribution in [1.82, 2.24) is 4.98 Å². The molecule has 2 rings (SSSR count). The molecule has 5 heteroatoms. The summed E-state index contributed by atoms with van der Waals surface area (Å²) in [6, 6.07) is 12.6. The minimum atomic E-state index is -4.34. The average Bonchev–Trinajstić information content (AvgIpc) is 2.46. The van der Waals surface area contributed by atoms with Gasteiger partial charge in [-0.1, -0.05) is 30.3 Å². The predicted octanol–water partition coefficient (Wildman–Crippen LogP) is 4.53. The van der Waals surface area contributed by atoms with Gasteiger partial charge < -0.3 is 5.32 Å². The largest absolute Gasteiger partial charge is 0.417 e. The lowest BCUT2D eigenvalue weighted by Gasteiger charge is -2.15. The predicted molar refractivity (Wildman–Crippen MR) is 77.1 cm³/mol. The van der Waals surface area contributed by atoms with Gasteiger partial charge in [-0.25, -0.2) is 4.98 Å². The van der Waals surface area contributed by atoms with Crippen LogP contribution in [-0.2, 0) is 12.6 Å². The molecule has 0 aliphatic rings. The Labute approximate surface area is 122 Å². The fourth-order valence-corrected chi connectivity index (χ4v) is 2.00. The summed E-state index contributed by atoms with van der Waals surface area (Å²) in [5, 5.41) is 3.11. The third-order valence-corrected chi connectivity index (χ3v) is 3.19. The molecule has 1 heterocycles. The van der Waals surface area contributed by atoms with Gasteiger partial charge in [-0.05, 0) is 37.5 Å². The van der Waals surface area contributed by atoms with E-state index >= 15 is 0 Å². The molecule has 0 aliphatic carbocycles. The van der Waals surface area contributed by atoms with Crippen molar-refractivity contribution in [2.24, 2.45) is 0 Å². The molecular formula is C16H17F3N2. The van der Waals surface area contributed by atoms with E-state index in [-0.39, 0.29) is 6.04 Å². The standard InChI is InChI=1S/C16H17F3N2/c1-12(7-8-13-5-3-2-4-6-13)21-15-10-9-14(11-20-15)16(17,18)19/h2-6,9-12H,7-8H2,1H3,(H,20,21)/t12-/m0/s1. The lowest BCUT2D eigenvalue weighted by molar-refractivity contribution is -0.137. The Morgan fingerprint density at radius 1 is 1.10 bits per heavy atom. The Kier molecular flexibility index (Phi) is 4.83. The lowest BCUT2D eigenvalue weighted by atomic mass is 10.1. The van der Waals surface area contributed by atoms with Crippen molar-refractivity contribution in [3.8, 4) is 0 Å². The van der Waals surface area contributed by atoms with Crippen molar-refractivity contribution in [3.05, 3.63) is 59.8 Å². The number of alkyl halides is 3. The summed E-state index contributed by atoms with van der Waals surface area (Å²) < 4.78 is 37.3. The van der Waals surface area contributed by atoms with E-state index in [1.54, 1.807) is 0 Å². The molecule has 0 unspecified atom stereocenters. The third kappa shape index (κ3) is 4.77. The molecular weight excluding hydrogens is 277 g/mol. The maximum Gasteiger partial charge on any atom is 0.417 e. The number of hydrogen-bond donors (Lipinski definition) is 1. The first kappa shape index (κ1) is 15.4. The lowest BCUT2D eigenvalue weighted by Crippen LogP contribution is -2.17. The Balaban J connectivity index is 1.86. The van der Waals surface area contributed by atoms with Gasteiger partial charge in [0.05, 0.1) is 5.56 Å². The number of rotatable bonds is 5. The van der Waals surface area contributed by atoms with Crippen LogP contribution in [0.1, 0.15) is 24.5 Å². The van der Waals surface area contributed by atoms with Crippen LogP contribution in [0.2, 0.25) is 0 Å². The van der Waals surface area contributed by atoms with E-state index in [0.717, 1.165) is 25.1 Å². The van der Waals surface area contributed by atoms with Crippen LogP contribution in [-0.4, -0.2) is 11.0 Å². The van der Waals surface area contributed by atoms with E-state index in [2.05, 4.69) is 22.4 Å². The zero-order chi connectivity index (χ0) is 15.3. The third-order valence-electron chi connectivity index (χ3n) is 3.19. The molecule has 0 fully saturated rings. The quantitative estimate of drug-likeness (QED) is 0.876. The molecule has 0 aliphatic heterocycles. The number of nitrogens with zero attached hydrogens (tertiary/aromatic N) is 1. The van der Waals surface area contributed by atoms with Crippen LogP contribution >= 0.6 is 0 Å². The van der Waals surface area contributed by atoms with Crippen molar-refractivity contribution in [2.45, 2.75) is 32.0 Å². The summed E-state index contributed by atoms with van der Waals surface area (Å²) in [5.74, 6) is 0.462. The van der Waals surface area contributed by atoms with Crippen molar-refractivity contribution in [3.63, 3.8) is 0 Å². The van der Waals surface area contributed by atoms with Crippen molar-refractivity contribution >= 4 is 5.82 Å². The molecule has 0 amide bonds. The Morgan fingerprint density at radius 3 is 2.38 bits per heavy atom. The van der Waals surface area contributed by atoms with Crippen molar-refractivity contribution in [2.75, 3.05) is 5.32 Å². The summed E-state index contributed by atoms with van der Waals surface area (Å²) >= 11 is 0. The van der Waals surface area contributed by atoms with Gasteiger partial charge in [0, 0.05) is 12.2 Å². The van der Waals surface area contributed by atoms with Gasteiger partial charge in [-0.3, -0.25) is 0 Å². The normalized spacial score (nSPS) is 13.0. The molecule has 0 radical (unpaired) electrons. The minimum absolute atomic E-state index is 0.134. The monoisotopic (exact) mass is 294 g/mol. The molecule has 112 valence electrons. The van der Waals surface area contributed by atoms with E-state index in [1.807, 2.05) is 25.1 Å². The highest BCUT2D eigenvalue weighted by Gasteiger charge is 2.30. The zero-order valence-corrected chi connectivity index (χ0v) is 11.7. The zero-order valence-electron chi connectivity index (χ0n) is 11.7. The SMILES string of the molecule is C[C@@H](CCc1ccccc1)Nc1ccc(C(F)(F)F)cn1. The van der Waals surface area contributed by atoms with Crippen LogP contribution in [0.4, 0.5) is 19.0 Å². The molecule has 0 saturated heterocycles. The summed E-state index contributed by atoms with van der Waals surface area (Å²) in [7, 11) is 0. The number of aromatic nitrogens is 1. The number of halogens is 3. The molecule has 1 aromatic heterocycles. The van der Waals surface area contributed by atoms with Crippen LogP contribution in [0.5, 0.6) is 0 Å². The van der Waals surface area contributed by atoms with Gasteiger partial charge in [0.25, 0.3) is 0 Å². The van der Waals surface area contributed by atoms with Crippen LogP contribution in [0.25, 0.3) is 0 Å². The van der Waals surface area contributed by atoms with Crippen LogP contribution in [0.3, 0.4) is 0 Å². The first-order chi connectivity index (χ1) is 9.95. The van der Waals surface area contributed by atoms with Crippen LogP contribution in [0, 0.1) is 0 Å². The molecule has 1 aromatic carbocycles. The number of pyridine rings is 1. The maximum absolute atomic E-state index is 12.4. The second-order valence-corrected chi connectivity index (χ2v) is 5.00. The van der Waals surface area contributed by atoms with E-state index in [9.17, 15) is 13.2 Å². The molecule has 1 atom stereocenters. The Hall–Kier alpha value is -2.04. The topological polar surface area (TPSA) is 24.9 Å². The Morgan fingerprint density at radius 2 is 1.81 bits per heavy atom. The Bertz CT molecular complexity index is 550. The van der Waals surface area contributed by atoms with Gasteiger partial charge in [-0.2, -0.15) is 13.2 Å². The fraction of sp³-hybridized carbons (Fsp3) is 0.312. The summed E-state index contributed by atoms with van der Waals surface area (Å²) in [5.41, 5.74) is 0.511. The summed E-state index contributed by atoms with van der Waals surface area (Å²) in [4.78, 5) is 3.81. The molecule has 2 aromatic rings.